The molecule has 0 saturated heterocycles. The fourth-order valence-corrected chi connectivity index (χ4v) is 6.07. The summed E-state index contributed by atoms with van der Waals surface area (Å²) in [5.41, 5.74) is 4.75. The highest BCUT2D eigenvalue weighted by molar-refractivity contribution is 5.94. The molecule has 0 aliphatic heterocycles. The monoisotopic (exact) mass is 596 g/mol. The Morgan fingerprint density at radius 3 is 2.63 bits per heavy atom. The number of carbonyl (C=O) groups excluding carboxylic acids is 1. The summed E-state index contributed by atoms with van der Waals surface area (Å²) in [5, 5.41) is 11.1. The molecule has 4 rings (SSSR count). The Labute approximate surface area is 249 Å². The number of aromatic amines is 1. The van der Waals surface area contributed by atoms with Crippen molar-refractivity contribution in [3.63, 3.8) is 0 Å². The van der Waals surface area contributed by atoms with Gasteiger partial charge in [0.15, 0.2) is 0 Å². The number of amides is 1. The van der Waals surface area contributed by atoms with Crippen LogP contribution in [-0.4, -0.2) is 50.3 Å². The lowest BCUT2D eigenvalue weighted by atomic mass is 9.58. The van der Waals surface area contributed by atoms with E-state index in [0.29, 0.717) is 23.9 Å². The first-order chi connectivity index (χ1) is 20.3. The van der Waals surface area contributed by atoms with Crippen molar-refractivity contribution in [2.45, 2.75) is 71.3 Å². The molecule has 11 heteroatoms. The largest absolute Gasteiger partial charge is 0.390 e. The van der Waals surface area contributed by atoms with E-state index in [-0.39, 0.29) is 17.5 Å². The molecule has 1 fully saturated rings. The summed E-state index contributed by atoms with van der Waals surface area (Å²) in [7, 11) is 1.89. The molecule has 0 spiro atoms. The lowest BCUT2D eigenvalue weighted by molar-refractivity contribution is -0.136. The maximum absolute atomic E-state index is 13.4. The number of aromatic nitrogens is 4. The van der Waals surface area contributed by atoms with E-state index in [9.17, 15) is 22.8 Å². The average molecular weight is 597 g/mol. The Hall–Kier alpha value is -3.95. The van der Waals surface area contributed by atoms with Crippen LogP contribution in [-0.2, 0) is 25.0 Å². The first kappa shape index (κ1) is 32.0. The number of H-pyrrole nitrogens is 1. The summed E-state index contributed by atoms with van der Waals surface area (Å²) in [4.78, 5) is 31.7. The van der Waals surface area contributed by atoms with Crippen molar-refractivity contribution in [1.82, 2.24) is 30.0 Å². The van der Waals surface area contributed by atoms with Crippen molar-refractivity contribution in [3.05, 3.63) is 93.1 Å². The van der Waals surface area contributed by atoms with Gasteiger partial charge in [0.25, 0.3) is 11.5 Å². The minimum atomic E-state index is -4.43. The third-order valence-electron chi connectivity index (χ3n) is 7.71. The molecule has 1 aliphatic rings. The number of carbonyl (C=O) groups is 1. The normalized spacial score (nSPS) is 18.4. The fourth-order valence-electron chi connectivity index (χ4n) is 6.07. The summed E-state index contributed by atoms with van der Waals surface area (Å²) < 4.78 is 40.0. The molecule has 0 radical (unpaired) electrons. The fraction of sp³-hybridized carbons (Fsp3) is 0.469. The van der Waals surface area contributed by atoms with Crippen LogP contribution in [0.4, 0.5) is 13.2 Å². The highest BCUT2D eigenvalue weighted by atomic mass is 19.4. The molecule has 1 aromatic carbocycles. The zero-order valence-electron chi connectivity index (χ0n) is 25.1. The van der Waals surface area contributed by atoms with Crippen molar-refractivity contribution < 1.29 is 18.0 Å². The Morgan fingerprint density at radius 1 is 1.28 bits per heavy atom. The first-order valence-electron chi connectivity index (χ1n) is 14.4. The van der Waals surface area contributed by atoms with Crippen molar-refractivity contribution in [3.8, 4) is 0 Å². The van der Waals surface area contributed by atoms with Gasteiger partial charge < -0.3 is 19.8 Å². The highest BCUT2D eigenvalue weighted by Gasteiger charge is 2.47. The van der Waals surface area contributed by atoms with Gasteiger partial charge in [-0.25, -0.2) is 0 Å². The SMILES string of the molecule is C=C=Cc1cc(CNC(=O)c2cc(CN(C)CC(C)C)cn(CCC(F)(F)F)c2=O)cc([C@]2(c3nnc[nH]3)C[C@@H](C)C2)c1. The predicted octanol–water partition coefficient (Wildman–Crippen LogP) is 5.45. The average Bonchev–Trinajstić information content (AvgIpc) is 3.44. The Morgan fingerprint density at radius 2 is 2.02 bits per heavy atom. The first-order valence-corrected chi connectivity index (χ1v) is 14.4. The van der Waals surface area contributed by atoms with Crippen LogP contribution in [0.2, 0.25) is 0 Å². The van der Waals surface area contributed by atoms with Crippen LogP contribution in [0.5, 0.6) is 0 Å². The van der Waals surface area contributed by atoms with Crippen LogP contribution < -0.4 is 10.9 Å². The van der Waals surface area contributed by atoms with E-state index in [1.165, 1.54) is 12.3 Å². The smallest absolute Gasteiger partial charge is 0.348 e. The molecule has 1 saturated carbocycles. The molecule has 230 valence electrons. The molecule has 2 heterocycles. The van der Waals surface area contributed by atoms with Crippen LogP contribution >= 0.6 is 0 Å². The van der Waals surface area contributed by atoms with Gasteiger partial charge in [-0.1, -0.05) is 39.5 Å². The number of hydrogen-bond donors (Lipinski definition) is 2. The van der Waals surface area contributed by atoms with Gasteiger partial charge in [-0.2, -0.15) is 13.2 Å². The van der Waals surface area contributed by atoms with Gasteiger partial charge in [0.1, 0.15) is 17.7 Å². The van der Waals surface area contributed by atoms with Gasteiger partial charge in [0.05, 0.1) is 11.8 Å². The molecule has 8 nitrogen and oxygen atoms in total. The van der Waals surface area contributed by atoms with Crippen molar-refractivity contribution in [1.29, 1.82) is 0 Å². The van der Waals surface area contributed by atoms with E-state index in [1.54, 1.807) is 12.4 Å². The summed E-state index contributed by atoms with van der Waals surface area (Å²) in [6.45, 7) is 10.7. The van der Waals surface area contributed by atoms with Crippen molar-refractivity contribution >= 4 is 12.0 Å². The molecule has 0 atom stereocenters. The van der Waals surface area contributed by atoms with Crippen LogP contribution in [0.1, 0.15) is 78.5 Å². The third kappa shape index (κ3) is 7.91. The number of halogens is 3. The minimum Gasteiger partial charge on any atom is -0.348 e. The number of nitrogens with zero attached hydrogens (tertiary/aromatic N) is 4. The standard InChI is InChI=1S/C32H39F3N6O2/c1-6-7-23-10-24(12-26(11-23)31(14-22(4)15-31)30-37-20-38-39-30)16-36-28(42)27-13-25(18-40(5)17-21(2)3)19-41(29(27)43)9-8-32(33,34)35/h7,10-13,19-22H,1,8-9,14-18H2,2-5H3,(H,36,42)(H,37,38,39)/t22-,31+. The van der Waals surface area contributed by atoms with E-state index < -0.39 is 30.6 Å². The quantitative estimate of drug-likeness (QED) is 0.271. The van der Waals surface area contributed by atoms with Crippen LogP contribution in [0, 0.1) is 11.8 Å². The van der Waals surface area contributed by atoms with E-state index in [1.807, 2.05) is 30.1 Å². The molecule has 2 N–H and O–H groups in total. The summed E-state index contributed by atoms with van der Waals surface area (Å²) in [5.74, 6) is 0.997. The molecular formula is C32H39F3N6O2. The summed E-state index contributed by atoms with van der Waals surface area (Å²) in [6, 6.07) is 7.44. The van der Waals surface area contributed by atoms with Crippen molar-refractivity contribution in [2.24, 2.45) is 11.8 Å². The number of alkyl halides is 3. The molecule has 1 amide bonds. The zero-order chi connectivity index (χ0) is 31.4. The Bertz CT molecular complexity index is 1530. The second-order valence-electron chi connectivity index (χ2n) is 12.1. The van der Waals surface area contributed by atoms with Crippen LogP contribution in [0.25, 0.3) is 6.08 Å². The maximum atomic E-state index is 13.4. The van der Waals surface area contributed by atoms with Gasteiger partial charge in [-0.05, 0) is 72.2 Å². The number of rotatable bonds is 12. The second kappa shape index (κ2) is 13.1. The molecule has 0 unspecified atom stereocenters. The zero-order valence-corrected chi connectivity index (χ0v) is 25.1. The number of hydrogen-bond acceptors (Lipinski definition) is 5. The summed E-state index contributed by atoms with van der Waals surface area (Å²) >= 11 is 0. The van der Waals surface area contributed by atoms with Crippen molar-refractivity contribution in [2.75, 3.05) is 13.6 Å². The van der Waals surface area contributed by atoms with Gasteiger partial charge in [-0.15, -0.1) is 15.9 Å². The summed E-state index contributed by atoms with van der Waals surface area (Å²) in [6.07, 6.45) is 0.886. The Balaban J connectivity index is 1.62. The predicted molar refractivity (Wildman–Crippen MR) is 159 cm³/mol. The lowest BCUT2D eigenvalue weighted by Crippen LogP contribution is -2.42. The topological polar surface area (TPSA) is 95.9 Å². The number of pyridine rings is 1. The number of nitrogens with one attached hydrogen (secondary N) is 2. The minimum absolute atomic E-state index is 0.103. The maximum Gasteiger partial charge on any atom is 0.390 e. The van der Waals surface area contributed by atoms with Gasteiger partial charge >= 0.3 is 6.18 Å². The van der Waals surface area contributed by atoms with Crippen LogP contribution in [0.3, 0.4) is 0 Å². The number of benzene rings is 1. The van der Waals surface area contributed by atoms with E-state index >= 15 is 0 Å². The highest BCUT2D eigenvalue weighted by Crippen LogP contribution is 2.51. The van der Waals surface area contributed by atoms with Gasteiger partial charge in [0, 0.05) is 32.4 Å². The number of aryl methyl sites for hydroxylation is 1. The molecule has 2 aromatic heterocycles. The van der Waals surface area contributed by atoms with Gasteiger partial charge in [0.2, 0.25) is 0 Å². The van der Waals surface area contributed by atoms with E-state index in [2.05, 4.69) is 53.6 Å². The van der Waals surface area contributed by atoms with Crippen LogP contribution in [0.15, 0.2) is 53.9 Å². The lowest BCUT2D eigenvalue weighted by Gasteiger charge is -2.45. The molecule has 1 aliphatic carbocycles. The second-order valence-corrected chi connectivity index (χ2v) is 12.1. The molecular weight excluding hydrogens is 557 g/mol. The Kier molecular flexibility index (Phi) is 9.77. The van der Waals surface area contributed by atoms with E-state index in [0.717, 1.165) is 46.5 Å². The molecule has 0 bridgehead atoms. The molecule has 43 heavy (non-hydrogen) atoms. The molecule has 3 aromatic rings. The van der Waals surface area contributed by atoms with E-state index in [4.69, 9.17) is 0 Å². The third-order valence-corrected chi connectivity index (χ3v) is 7.71. The van der Waals surface area contributed by atoms with Gasteiger partial charge in [-0.3, -0.25) is 9.59 Å².